The Kier molecular flexibility index (Phi) is 4.55. The van der Waals surface area contributed by atoms with Gasteiger partial charge in [-0.1, -0.05) is 6.08 Å². The number of anilines is 1. The molecule has 1 atom stereocenters. The van der Waals surface area contributed by atoms with Crippen molar-refractivity contribution in [2.45, 2.75) is 32.6 Å². The van der Waals surface area contributed by atoms with Crippen molar-refractivity contribution < 1.29 is 9.53 Å². The van der Waals surface area contributed by atoms with E-state index in [1.54, 1.807) is 12.4 Å². The van der Waals surface area contributed by atoms with E-state index in [1.807, 2.05) is 19.1 Å². The number of benzene rings is 1. The third-order valence-corrected chi connectivity index (χ3v) is 4.27. The fraction of sp³-hybridized carbons (Fsp3) is 0.389. The average molecular weight is 311 g/mol. The standard InChI is InChI=1S/C18H21N3O2/c1-2-23-16(22)11-12-3-5-13(6-4-12)17-14(19)7-8-15-18(17)21-10-9-20-15/h5,7-10,12H,2-4,6,11,19H2,1H3. The maximum Gasteiger partial charge on any atom is 0.306 e. The van der Waals surface area contributed by atoms with Crippen LogP contribution in [0.25, 0.3) is 16.6 Å². The summed E-state index contributed by atoms with van der Waals surface area (Å²) < 4.78 is 5.03. The van der Waals surface area contributed by atoms with Gasteiger partial charge in [0.2, 0.25) is 0 Å². The molecule has 1 aliphatic carbocycles. The van der Waals surface area contributed by atoms with Crippen LogP contribution in [0.15, 0.2) is 30.6 Å². The zero-order valence-corrected chi connectivity index (χ0v) is 13.3. The van der Waals surface area contributed by atoms with Crippen LogP contribution in [-0.4, -0.2) is 22.5 Å². The molecule has 5 heteroatoms. The van der Waals surface area contributed by atoms with Crippen LogP contribution in [0.5, 0.6) is 0 Å². The molecule has 0 saturated heterocycles. The van der Waals surface area contributed by atoms with Gasteiger partial charge in [0, 0.05) is 30.1 Å². The number of rotatable bonds is 4. The summed E-state index contributed by atoms with van der Waals surface area (Å²) in [5, 5.41) is 0. The number of nitrogens with two attached hydrogens (primary N) is 1. The Morgan fingerprint density at radius 3 is 2.91 bits per heavy atom. The number of nitrogen functional groups attached to an aromatic ring is 1. The van der Waals surface area contributed by atoms with E-state index in [0.29, 0.717) is 18.9 Å². The molecule has 1 aliphatic rings. The van der Waals surface area contributed by atoms with Gasteiger partial charge in [-0.05, 0) is 49.8 Å². The lowest BCUT2D eigenvalue weighted by Crippen LogP contribution is -2.14. The highest BCUT2D eigenvalue weighted by Gasteiger charge is 2.21. The summed E-state index contributed by atoms with van der Waals surface area (Å²) in [5.41, 5.74) is 10.8. The highest BCUT2D eigenvalue weighted by molar-refractivity contribution is 5.94. The lowest BCUT2D eigenvalue weighted by atomic mass is 9.84. The summed E-state index contributed by atoms with van der Waals surface area (Å²) in [7, 11) is 0. The number of carbonyl (C=O) groups excluding carboxylic acids is 1. The fourth-order valence-corrected chi connectivity index (χ4v) is 3.15. The monoisotopic (exact) mass is 311 g/mol. The van der Waals surface area contributed by atoms with E-state index < -0.39 is 0 Å². The molecule has 0 saturated carbocycles. The third-order valence-electron chi connectivity index (χ3n) is 4.27. The molecule has 0 bridgehead atoms. The predicted molar refractivity (Wildman–Crippen MR) is 90.5 cm³/mol. The summed E-state index contributed by atoms with van der Waals surface area (Å²) in [6.45, 7) is 2.28. The zero-order valence-electron chi connectivity index (χ0n) is 13.3. The molecule has 2 aromatic rings. The van der Waals surface area contributed by atoms with Gasteiger partial charge in [0.05, 0.1) is 17.6 Å². The van der Waals surface area contributed by atoms with Crippen LogP contribution in [0.4, 0.5) is 5.69 Å². The molecular weight excluding hydrogens is 290 g/mol. The van der Waals surface area contributed by atoms with Gasteiger partial charge in [0.1, 0.15) is 0 Å². The summed E-state index contributed by atoms with van der Waals surface area (Å²) in [5.74, 6) is 0.241. The molecule has 120 valence electrons. The van der Waals surface area contributed by atoms with Gasteiger partial charge in [-0.15, -0.1) is 0 Å². The molecular formula is C18H21N3O2. The maximum absolute atomic E-state index is 11.6. The van der Waals surface area contributed by atoms with Gasteiger partial charge in [-0.25, -0.2) is 0 Å². The Bertz CT molecular complexity index is 755. The summed E-state index contributed by atoms with van der Waals surface area (Å²) in [6.07, 6.45) is 8.77. The Balaban J connectivity index is 1.83. The molecule has 0 aliphatic heterocycles. The molecule has 1 heterocycles. The van der Waals surface area contributed by atoms with Crippen LogP contribution in [-0.2, 0) is 9.53 Å². The molecule has 1 unspecified atom stereocenters. The molecule has 3 rings (SSSR count). The second-order valence-corrected chi connectivity index (χ2v) is 5.83. The molecule has 1 aromatic heterocycles. The Morgan fingerprint density at radius 2 is 2.17 bits per heavy atom. The van der Waals surface area contributed by atoms with Crippen molar-refractivity contribution >= 4 is 28.3 Å². The second-order valence-electron chi connectivity index (χ2n) is 5.83. The third kappa shape index (κ3) is 3.33. The molecule has 2 N–H and O–H groups in total. The van der Waals surface area contributed by atoms with E-state index in [0.717, 1.165) is 41.5 Å². The van der Waals surface area contributed by atoms with Gasteiger partial charge in [-0.2, -0.15) is 0 Å². The number of nitrogens with zero attached hydrogens (tertiary/aromatic N) is 2. The SMILES string of the molecule is CCOC(=O)CC1CC=C(c2c(N)ccc3nccnc23)CC1. The predicted octanol–water partition coefficient (Wildman–Crippen LogP) is 3.35. The van der Waals surface area contributed by atoms with Crippen LogP contribution >= 0.6 is 0 Å². The largest absolute Gasteiger partial charge is 0.466 e. The highest BCUT2D eigenvalue weighted by Crippen LogP contribution is 2.37. The van der Waals surface area contributed by atoms with Crippen LogP contribution in [0.3, 0.4) is 0 Å². The summed E-state index contributed by atoms with van der Waals surface area (Å²) in [4.78, 5) is 20.4. The van der Waals surface area contributed by atoms with Gasteiger partial charge in [0.25, 0.3) is 0 Å². The van der Waals surface area contributed by atoms with E-state index in [2.05, 4.69) is 16.0 Å². The number of fused-ring (bicyclic) bond motifs is 1. The van der Waals surface area contributed by atoms with Crippen molar-refractivity contribution in [3.8, 4) is 0 Å². The highest BCUT2D eigenvalue weighted by atomic mass is 16.5. The first-order valence-electron chi connectivity index (χ1n) is 8.03. The lowest BCUT2D eigenvalue weighted by Gasteiger charge is -2.22. The van der Waals surface area contributed by atoms with E-state index in [1.165, 1.54) is 5.57 Å². The minimum absolute atomic E-state index is 0.107. The average Bonchev–Trinajstić information content (AvgIpc) is 2.56. The van der Waals surface area contributed by atoms with E-state index in [-0.39, 0.29) is 5.97 Å². The number of ether oxygens (including phenoxy) is 1. The molecule has 5 nitrogen and oxygen atoms in total. The number of esters is 1. The Hall–Kier alpha value is -2.43. The van der Waals surface area contributed by atoms with Crippen molar-refractivity contribution in [3.63, 3.8) is 0 Å². The van der Waals surface area contributed by atoms with Crippen LogP contribution in [0.2, 0.25) is 0 Å². The molecule has 0 radical (unpaired) electrons. The molecule has 0 fully saturated rings. The van der Waals surface area contributed by atoms with E-state index in [4.69, 9.17) is 10.5 Å². The van der Waals surface area contributed by atoms with Crippen LogP contribution in [0.1, 0.15) is 38.2 Å². The van der Waals surface area contributed by atoms with Crippen molar-refractivity contribution in [2.75, 3.05) is 12.3 Å². The normalized spacial score (nSPS) is 17.8. The molecule has 0 spiro atoms. The van der Waals surface area contributed by atoms with Crippen molar-refractivity contribution in [2.24, 2.45) is 5.92 Å². The first-order valence-corrected chi connectivity index (χ1v) is 8.03. The van der Waals surface area contributed by atoms with Gasteiger partial charge in [0.15, 0.2) is 0 Å². The smallest absolute Gasteiger partial charge is 0.306 e. The lowest BCUT2D eigenvalue weighted by molar-refractivity contribution is -0.144. The molecule has 23 heavy (non-hydrogen) atoms. The summed E-state index contributed by atoms with van der Waals surface area (Å²) >= 11 is 0. The number of aromatic nitrogens is 2. The van der Waals surface area contributed by atoms with Crippen molar-refractivity contribution in [1.29, 1.82) is 0 Å². The Morgan fingerprint density at radius 1 is 1.35 bits per heavy atom. The van der Waals surface area contributed by atoms with Crippen molar-refractivity contribution in [1.82, 2.24) is 9.97 Å². The van der Waals surface area contributed by atoms with Crippen LogP contribution < -0.4 is 5.73 Å². The summed E-state index contributed by atoms with van der Waals surface area (Å²) in [6, 6.07) is 3.78. The zero-order chi connectivity index (χ0) is 16.2. The first-order chi connectivity index (χ1) is 11.2. The number of hydrogen-bond acceptors (Lipinski definition) is 5. The first kappa shape index (κ1) is 15.5. The molecule has 1 aromatic carbocycles. The minimum Gasteiger partial charge on any atom is -0.466 e. The van der Waals surface area contributed by atoms with Gasteiger partial charge in [-0.3, -0.25) is 14.8 Å². The number of allylic oxidation sites excluding steroid dienone is 2. The van der Waals surface area contributed by atoms with E-state index >= 15 is 0 Å². The van der Waals surface area contributed by atoms with Gasteiger partial charge >= 0.3 is 5.97 Å². The minimum atomic E-state index is -0.107. The number of hydrogen-bond donors (Lipinski definition) is 1. The number of carbonyl (C=O) groups is 1. The molecule has 0 amide bonds. The topological polar surface area (TPSA) is 78.1 Å². The second kappa shape index (κ2) is 6.77. The van der Waals surface area contributed by atoms with Crippen LogP contribution in [0, 0.1) is 5.92 Å². The van der Waals surface area contributed by atoms with Crippen molar-refractivity contribution in [3.05, 3.63) is 36.2 Å². The van der Waals surface area contributed by atoms with Gasteiger partial charge < -0.3 is 10.5 Å². The van der Waals surface area contributed by atoms with E-state index in [9.17, 15) is 4.79 Å². The fourth-order valence-electron chi connectivity index (χ4n) is 3.15. The quantitative estimate of drug-likeness (QED) is 0.692. The maximum atomic E-state index is 11.6. The Labute approximate surface area is 135 Å².